The Balaban J connectivity index is 1.62. The van der Waals surface area contributed by atoms with Gasteiger partial charge in [0.1, 0.15) is 41.7 Å². The molecule has 2 aromatic heterocycles. The summed E-state index contributed by atoms with van der Waals surface area (Å²) < 4.78 is 7.78. The molecule has 26 heavy (non-hydrogen) atoms. The fourth-order valence-electron chi connectivity index (χ4n) is 2.93. The average Bonchev–Trinajstić information content (AvgIpc) is 3.17. The number of nitrogen functional groups attached to an aromatic ring is 1. The molecule has 5 atom stereocenters. The second-order valence-electron chi connectivity index (χ2n) is 6.40. The normalized spacial score (nSPS) is 25.4. The van der Waals surface area contributed by atoms with Gasteiger partial charge in [-0.1, -0.05) is 0 Å². The average molecular weight is 383 g/mol. The summed E-state index contributed by atoms with van der Waals surface area (Å²) in [5.74, 6) is 0.636. The number of nitrogens with two attached hydrogens (primary N) is 2. The molecule has 0 saturated carbocycles. The highest BCUT2D eigenvalue weighted by Gasteiger charge is 2.39. The van der Waals surface area contributed by atoms with Gasteiger partial charge in [0.15, 0.2) is 11.5 Å². The van der Waals surface area contributed by atoms with Crippen LogP contribution in [0, 0.1) is 0 Å². The van der Waals surface area contributed by atoms with E-state index < -0.39 is 18.1 Å². The maximum atomic E-state index is 10.8. The number of imidazole rings is 1. The molecule has 11 heteroatoms. The molecule has 0 aromatic carbocycles. The van der Waals surface area contributed by atoms with E-state index in [0.717, 1.165) is 0 Å². The van der Waals surface area contributed by atoms with Gasteiger partial charge in [-0.05, 0) is 10.9 Å². The Bertz CT molecular complexity index is 787. The summed E-state index contributed by atoms with van der Waals surface area (Å²) in [7, 11) is -0.109. The monoisotopic (exact) mass is 383 g/mol. The molecule has 6 N–H and O–H groups in total. The summed E-state index contributed by atoms with van der Waals surface area (Å²) in [5.41, 5.74) is 12.4. The number of nitrogens with zero attached hydrogens (tertiary/aromatic N) is 4. The number of carbonyl (C=O) groups is 1. The third-order valence-corrected chi connectivity index (χ3v) is 6.27. The summed E-state index contributed by atoms with van der Waals surface area (Å²) in [6.45, 7) is 0. The molecule has 3 heterocycles. The largest absolute Gasteiger partial charge is 0.480 e. The molecule has 1 aliphatic rings. The van der Waals surface area contributed by atoms with Crippen LogP contribution in [0.25, 0.3) is 11.2 Å². The van der Waals surface area contributed by atoms with Crippen LogP contribution in [0.4, 0.5) is 5.82 Å². The van der Waals surface area contributed by atoms with Crippen molar-refractivity contribution in [1.29, 1.82) is 0 Å². The molecule has 10 nitrogen and oxygen atoms in total. The van der Waals surface area contributed by atoms with Crippen LogP contribution in [0.5, 0.6) is 0 Å². The number of fused-ring (bicyclic) bond motifs is 1. The summed E-state index contributed by atoms with van der Waals surface area (Å²) in [5, 5.41) is 19.2. The lowest BCUT2D eigenvalue weighted by molar-refractivity contribution is -0.138. The van der Waals surface area contributed by atoms with E-state index in [4.69, 9.17) is 21.3 Å². The van der Waals surface area contributed by atoms with Crippen molar-refractivity contribution in [1.82, 2.24) is 19.5 Å². The number of aliphatic hydroxyl groups excluding tert-OH is 1. The number of rotatable bonds is 7. The number of carboxylic acid groups (broad SMARTS) is 1. The highest BCUT2D eigenvalue weighted by atomic mass is 32.2. The Labute approximate surface area is 152 Å². The highest BCUT2D eigenvalue weighted by molar-refractivity contribution is 7.96. The second kappa shape index (κ2) is 7.74. The minimum Gasteiger partial charge on any atom is -0.480 e. The minimum absolute atomic E-state index is 0.109. The molecule has 142 valence electrons. The van der Waals surface area contributed by atoms with E-state index >= 15 is 0 Å². The number of aliphatic carboxylic acids is 1. The Morgan fingerprint density at radius 3 is 3.00 bits per heavy atom. The zero-order chi connectivity index (χ0) is 18.8. The van der Waals surface area contributed by atoms with Crippen LogP contribution in [0.15, 0.2) is 12.7 Å². The Hall–Kier alpha value is -1.95. The van der Waals surface area contributed by atoms with Crippen LogP contribution in [0.3, 0.4) is 0 Å². The van der Waals surface area contributed by atoms with Gasteiger partial charge in [0, 0.05) is 12.8 Å². The molecule has 0 bridgehead atoms. The number of hydrogen-bond acceptors (Lipinski definition) is 8. The number of carboxylic acids is 1. The predicted molar refractivity (Wildman–Crippen MR) is 97.5 cm³/mol. The van der Waals surface area contributed by atoms with E-state index in [1.165, 1.54) is 6.33 Å². The van der Waals surface area contributed by atoms with Crippen LogP contribution >= 0.6 is 0 Å². The van der Waals surface area contributed by atoms with Crippen molar-refractivity contribution in [3.8, 4) is 0 Å². The van der Waals surface area contributed by atoms with Gasteiger partial charge < -0.3 is 26.4 Å². The zero-order valence-electron chi connectivity index (χ0n) is 14.4. The Morgan fingerprint density at radius 1 is 1.50 bits per heavy atom. The first-order valence-corrected chi connectivity index (χ1v) is 10.2. The van der Waals surface area contributed by atoms with Crippen molar-refractivity contribution >= 4 is 33.8 Å². The van der Waals surface area contributed by atoms with Crippen molar-refractivity contribution in [3.63, 3.8) is 0 Å². The van der Waals surface area contributed by atoms with Gasteiger partial charge in [-0.2, -0.15) is 0 Å². The van der Waals surface area contributed by atoms with Gasteiger partial charge in [0.05, 0.1) is 18.7 Å². The first kappa shape index (κ1) is 18.8. The van der Waals surface area contributed by atoms with Gasteiger partial charge in [0.25, 0.3) is 0 Å². The third kappa shape index (κ3) is 3.90. The van der Waals surface area contributed by atoms with Crippen LogP contribution in [-0.4, -0.2) is 71.7 Å². The predicted octanol–water partition coefficient (Wildman–Crippen LogP) is -0.893. The third-order valence-electron chi connectivity index (χ3n) is 4.44. The van der Waals surface area contributed by atoms with Gasteiger partial charge in [-0.3, -0.25) is 9.36 Å². The highest BCUT2D eigenvalue weighted by Crippen LogP contribution is 2.32. The lowest BCUT2D eigenvalue weighted by atomic mass is 10.2. The summed E-state index contributed by atoms with van der Waals surface area (Å²) in [6, 6.07) is -0.852. The lowest BCUT2D eigenvalue weighted by Crippen LogP contribution is -2.35. The van der Waals surface area contributed by atoms with E-state index in [1.807, 2.05) is 6.26 Å². The fourth-order valence-corrected chi connectivity index (χ4v) is 4.62. The smallest absolute Gasteiger partial charge is 0.320 e. The number of ether oxygens (including phenoxy) is 1. The van der Waals surface area contributed by atoms with Crippen LogP contribution in [-0.2, 0) is 20.4 Å². The molecule has 0 radical (unpaired) electrons. The molecule has 1 fully saturated rings. The number of anilines is 1. The van der Waals surface area contributed by atoms with Crippen molar-refractivity contribution < 1.29 is 19.7 Å². The number of aromatic nitrogens is 4. The van der Waals surface area contributed by atoms with E-state index in [2.05, 4.69) is 15.0 Å². The van der Waals surface area contributed by atoms with E-state index in [0.29, 0.717) is 41.3 Å². The standard InChI is InChI=1S/C15H22N6O4S/c1-26(3-2-8(16)15(23)24)5-10-9(22)4-11(25-10)21-7-20-12-13(17)18-6-19-14(12)21/h6-11,22H,2-5,16H2,1H3,(H2-,17,18,19,23,24)/p+1/t8?,9?,10-,11-,26?/m1/s1. The molecular weight excluding hydrogens is 360 g/mol. The van der Waals surface area contributed by atoms with Crippen molar-refractivity contribution in [2.24, 2.45) is 5.73 Å². The Kier molecular flexibility index (Phi) is 5.61. The SMILES string of the molecule is C[S+](CCC(N)C(=O)O)C[C@H]1O[C@@H](n2cnc3c(N)ncnc32)CC1O. The van der Waals surface area contributed by atoms with Crippen molar-refractivity contribution in [3.05, 3.63) is 12.7 Å². The van der Waals surface area contributed by atoms with Crippen molar-refractivity contribution in [2.75, 3.05) is 23.5 Å². The van der Waals surface area contributed by atoms with Gasteiger partial charge in [-0.25, -0.2) is 15.0 Å². The maximum absolute atomic E-state index is 10.8. The molecule has 1 saturated heterocycles. The summed E-state index contributed by atoms with van der Waals surface area (Å²) in [4.78, 5) is 23.1. The summed E-state index contributed by atoms with van der Waals surface area (Å²) >= 11 is 0. The van der Waals surface area contributed by atoms with E-state index in [9.17, 15) is 9.90 Å². The lowest BCUT2D eigenvalue weighted by Gasteiger charge is -2.15. The van der Waals surface area contributed by atoms with Gasteiger partial charge >= 0.3 is 5.97 Å². The van der Waals surface area contributed by atoms with Crippen LogP contribution < -0.4 is 11.5 Å². The molecule has 0 spiro atoms. The van der Waals surface area contributed by atoms with Crippen LogP contribution in [0.1, 0.15) is 19.1 Å². The summed E-state index contributed by atoms with van der Waals surface area (Å²) in [6.07, 6.45) is 4.49. The van der Waals surface area contributed by atoms with Crippen LogP contribution in [0.2, 0.25) is 0 Å². The van der Waals surface area contributed by atoms with Gasteiger partial charge in [-0.15, -0.1) is 0 Å². The zero-order valence-corrected chi connectivity index (χ0v) is 15.2. The van der Waals surface area contributed by atoms with Gasteiger partial charge in [0.2, 0.25) is 0 Å². The quantitative estimate of drug-likeness (QED) is 0.444. The first-order chi connectivity index (χ1) is 12.4. The molecule has 0 amide bonds. The molecule has 1 aliphatic heterocycles. The fraction of sp³-hybridized carbons (Fsp3) is 0.600. The van der Waals surface area contributed by atoms with E-state index in [1.54, 1.807) is 10.9 Å². The molecule has 0 aliphatic carbocycles. The first-order valence-electron chi connectivity index (χ1n) is 8.21. The molecular formula is C15H23N6O4S+. The Morgan fingerprint density at radius 2 is 2.27 bits per heavy atom. The van der Waals surface area contributed by atoms with E-state index in [-0.39, 0.29) is 23.2 Å². The molecule has 3 unspecified atom stereocenters. The number of aliphatic hydroxyl groups is 1. The molecule has 3 rings (SSSR count). The topological polar surface area (TPSA) is 162 Å². The maximum Gasteiger partial charge on any atom is 0.320 e. The second-order valence-corrected chi connectivity index (χ2v) is 8.71. The van der Waals surface area contributed by atoms with Crippen molar-refractivity contribution in [2.45, 2.75) is 37.3 Å². The minimum atomic E-state index is -0.993. The molecule has 2 aromatic rings. The number of hydrogen-bond donors (Lipinski definition) is 4.